The van der Waals surface area contributed by atoms with Gasteiger partial charge in [-0.3, -0.25) is 9.59 Å². The first-order valence-corrected chi connectivity index (χ1v) is 9.52. The van der Waals surface area contributed by atoms with Gasteiger partial charge in [-0.15, -0.1) is 0 Å². The number of carbonyl (C=O) groups is 2. The van der Waals surface area contributed by atoms with Crippen LogP contribution in [0.15, 0.2) is 36.4 Å². The minimum atomic E-state index is -4.40. The molecular formula is C22H23F3N2O4. The predicted molar refractivity (Wildman–Crippen MR) is 108 cm³/mol. The lowest BCUT2D eigenvalue weighted by atomic mass is 10.1. The van der Waals surface area contributed by atoms with Gasteiger partial charge in [0.05, 0.1) is 31.0 Å². The van der Waals surface area contributed by atoms with Gasteiger partial charge in [-0.05, 0) is 36.1 Å². The average Bonchev–Trinajstić information content (AvgIpc) is 3.53. The lowest BCUT2D eigenvalue weighted by Crippen LogP contribution is -2.24. The highest BCUT2D eigenvalue weighted by molar-refractivity contribution is 6.05. The van der Waals surface area contributed by atoms with Crippen LogP contribution < -0.4 is 14.8 Å². The van der Waals surface area contributed by atoms with Crippen LogP contribution >= 0.6 is 0 Å². The zero-order valence-corrected chi connectivity index (χ0v) is 17.5. The molecule has 6 nitrogen and oxygen atoms in total. The Balaban J connectivity index is 1.80. The smallest absolute Gasteiger partial charge is 0.416 e. The third-order valence-electron chi connectivity index (χ3n) is 5.21. The van der Waals surface area contributed by atoms with E-state index >= 15 is 0 Å². The van der Waals surface area contributed by atoms with Crippen LogP contribution in [0.25, 0.3) is 0 Å². The zero-order chi connectivity index (χ0) is 22.9. The number of halogens is 3. The average molecular weight is 436 g/mol. The summed E-state index contributed by atoms with van der Waals surface area (Å²) in [6.07, 6.45) is -3.89. The molecule has 1 aliphatic carbocycles. The first-order valence-electron chi connectivity index (χ1n) is 9.52. The molecule has 0 bridgehead atoms. The molecule has 2 aromatic carbocycles. The Hall–Kier alpha value is -3.23. The summed E-state index contributed by atoms with van der Waals surface area (Å²) in [5.74, 6) is -0.512. The Labute approximate surface area is 177 Å². The van der Waals surface area contributed by atoms with Gasteiger partial charge < -0.3 is 19.7 Å². The van der Waals surface area contributed by atoms with E-state index in [1.165, 1.54) is 43.4 Å². The van der Waals surface area contributed by atoms with Crippen molar-refractivity contribution in [2.75, 3.05) is 33.6 Å². The van der Waals surface area contributed by atoms with Crippen LogP contribution in [0.5, 0.6) is 11.5 Å². The Morgan fingerprint density at radius 3 is 2.13 bits per heavy atom. The standard InChI is InChI=1S/C22H23F3N2O4/c1-27(2)21(29)16-10-18(30-3)19(31-4)11-17(16)26-20(28)15-9-14(15)12-5-7-13(8-6-12)22(23,24)25/h5-8,10-11,14-15H,9H2,1-4H3,(H,26,28). The van der Waals surface area contributed by atoms with Crippen molar-refractivity contribution >= 4 is 17.5 Å². The quantitative estimate of drug-likeness (QED) is 0.738. The summed E-state index contributed by atoms with van der Waals surface area (Å²) in [4.78, 5) is 26.8. The topological polar surface area (TPSA) is 67.9 Å². The number of rotatable bonds is 6. The molecule has 1 aliphatic rings. The van der Waals surface area contributed by atoms with Gasteiger partial charge in [-0.2, -0.15) is 13.2 Å². The van der Waals surface area contributed by atoms with Crippen LogP contribution in [0.4, 0.5) is 18.9 Å². The molecule has 0 radical (unpaired) electrons. The highest BCUT2D eigenvalue weighted by Gasteiger charge is 2.44. The third-order valence-corrected chi connectivity index (χ3v) is 5.21. The number of ether oxygens (including phenoxy) is 2. The number of amides is 2. The zero-order valence-electron chi connectivity index (χ0n) is 17.5. The van der Waals surface area contributed by atoms with Crippen molar-refractivity contribution in [2.24, 2.45) is 5.92 Å². The molecule has 2 aromatic rings. The summed E-state index contributed by atoms with van der Waals surface area (Å²) in [7, 11) is 6.07. The molecule has 166 valence electrons. The second-order valence-electron chi connectivity index (χ2n) is 7.51. The van der Waals surface area contributed by atoms with E-state index in [1.54, 1.807) is 14.1 Å². The highest BCUT2D eigenvalue weighted by Crippen LogP contribution is 2.48. The molecule has 0 heterocycles. The fourth-order valence-corrected chi connectivity index (χ4v) is 3.40. The van der Waals surface area contributed by atoms with Crippen molar-refractivity contribution in [1.82, 2.24) is 4.90 Å². The molecule has 0 aliphatic heterocycles. The van der Waals surface area contributed by atoms with E-state index in [-0.39, 0.29) is 29.0 Å². The second kappa shape index (κ2) is 8.49. The van der Waals surface area contributed by atoms with Crippen LogP contribution in [-0.2, 0) is 11.0 Å². The molecule has 2 unspecified atom stereocenters. The van der Waals surface area contributed by atoms with E-state index < -0.39 is 17.7 Å². The van der Waals surface area contributed by atoms with Crippen LogP contribution in [0, 0.1) is 5.92 Å². The lowest BCUT2D eigenvalue weighted by Gasteiger charge is -2.18. The summed E-state index contributed by atoms with van der Waals surface area (Å²) in [6, 6.07) is 7.85. The van der Waals surface area contributed by atoms with E-state index in [9.17, 15) is 22.8 Å². The third kappa shape index (κ3) is 4.76. The molecule has 0 saturated heterocycles. The van der Waals surface area contributed by atoms with Crippen LogP contribution in [0.1, 0.15) is 33.8 Å². The monoisotopic (exact) mass is 436 g/mol. The first kappa shape index (κ1) is 22.5. The lowest BCUT2D eigenvalue weighted by molar-refractivity contribution is -0.137. The van der Waals surface area contributed by atoms with Crippen molar-refractivity contribution in [3.8, 4) is 11.5 Å². The van der Waals surface area contributed by atoms with Gasteiger partial charge in [0, 0.05) is 26.1 Å². The normalized spacial score (nSPS) is 17.6. The summed E-state index contributed by atoms with van der Waals surface area (Å²) < 4.78 is 48.7. The number of hydrogen-bond donors (Lipinski definition) is 1. The maximum absolute atomic E-state index is 12.8. The van der Waals surface area contributed by atoms with E-state index in [0.717, 1.165) is 12.1 Å². The van der Waals surface area contributed by atoms with E-state index in [2.05, 4.69) is 5.32 Å². The van der Waals surface area contributed by atoms with Gasteiger partial charge in [0.2, 0.25) is 5.91 Å². The van der Waals surface area contributed by atoms with Gasteiger partial charge in [0.25, 0.3) is 5.91 Å². The number of benzene rings is 2. The van der Waals surface area contributed by atoms with Gasteiger partial charge in [0.15, 0.2) is 11.5 Å². The Morgan fingerprint density at radius 1 is 1.03 bits per heavy atom. The van der Waals surface area contributed by atoms with Crippen LogP contribution in [-0.4, -0.2) is 45.0 Å². The first-order chi connectivity index (χ1) is 14.6. The molecule has 9 heteroatoms. The Morgan fingerprint density at radius 2 is 1.61 bits per heavy atom. The van der Waals surface area contributed by atoms with Crippen molar-refractivity contribution in [2.45, 2.75) is 18.5 Å². The predicted octanol–water partition coefficient (Wildman–Crippen LogP) is 4.17. The molecule has 31 heavy (non-hydrogen) atoms. The molecular weight excluding hydrogens is 413 g/mol. The van der Waals surface area contributed by atoms with Gasteiger partial charge in [0.1, 0.15) is 0 Å². The molecule has 1 fully saturated rings. The van der Waals surface area contributed by atoms with Crippen molar-refractivity contribution in [3.63, 3.8) is 0 Å². The number of alkyl halides is 3. The molecule has 2 atom stereocenters. The minimum absolute atomic E-state index is 0.171. The summed E-state index contributed by atoms with van der Waals surface area (Å²) >= 11 is 0. The van der Waals surface area contributed by atoms with E-state index in [1.807, 2.05) is 0 Å². The number of methoxy groups -OCH3 is 2. The van der Waals surface area contributed by atoms with Crippen LogP contribution in [0.2, 0.25) is 0 Å². The molecule has 3 rings (SSSR count). The van der Waals surface area contributed by atoms with E-state index in [4.69, 9.17) is 9.47 Å². The molecule has 0 spiro atoms. The number of nitrogens with one attached hydrogen (secondary N) is 1. The molecule has 1 N–H and O–H groups in total. The Kier molecular flexibility index (Phi) is 6.15. The summed E-state index contributed by atoms with van der Waals surface area (Å²) in [5, 5.41) is 2.77. The number of hydrogen-bond acceptors (Lipinski definition) is 4. The van der Waals surface area contributed by atoms with Crippen molar-refractivity contribution in [3.05, 3.63) is 53.1 Å². The summed E-state index contributed by atoms with van der Waals surface area (Å²) in [6.45, 7) is 0. The van der Waals surface area contributed by atoms with Gasteiger partial charge >= 0.3 is 6.18 Å². The second-order valence-corrected chi connectivity index (χ2v) is 7.51. The SMILES string of the molecule is COc1cc(NC(=O)C2CC2c2ccc(C(F)(F)F)cc2)c(C(=O)N(C)C)cc1OC. The van der Waals surface area contributed by atoms with E-state index in [0.29, 0.717) is 23.5 Å². The maximum atomic E-state index is 12.8. The van der Waals surface area contributed by atoms with Crippen molar-refractivity contribution in [1.29, 1.82) is 0 Å². The largest absolute Gasteiger partial charge is 0.493 e. The van der Waals surface area contributed by atoms with Gasteiger partial charge in [-0.1, -0.05) is 12.1 Å². The maximum Gasteiger partial charge on any atom is 0.416 e. The molecule has 0 aromatic heterocycles. The van der Waals surface area contributed by atoms with Crippen LogP contribution in [0.3, 0.4) is 0 Å². The van der Waals surface area contributed by atoms with Gasteiger partial charge in [-0.25, -0.2) is 0 Å². The van der Waals surface area contributed by atoms with Crippen molar-refractivity contribution < 1.29 is 32.2 Å². The Bertz CT molecular complexity index is 987. The molecule has 1 saturated carbocycles. The number of nitrogens with zero attached hydrogens (tertiary/aromatic N) is 1. The fraction of sp³-hybridized carbons (Fsp3) is 0.364. The fourth-order valence-electron chi connectivity index (χ4n) is 3.40. The summed E-state index contributed by atoms with van der Waals surface area (Å²) in [5.41, 5.74) is 0.460. The number of anilines is 1. The number of carbonyl (C=O) groups excluding carboxylic acids is 2. The molecule has 2 amide bonds. The minimum Gasteiger partial charge on any atom is -0.493 e. The highest BCUT2D eigenvalue weighted by atomic mass is 19.4.